The van der Waals surface area contributed by atoms with Gasteiger partial charge in [-0.05, 0) is 66.1 Å². The fourth-order valence-corrected chi connectivity index (χ4v) is 4.77. The number of ether oxygens (including phenoxy) is 1. The number of hydrogen-bond donors (Lipinski definition) is 1. The maximum Gasteiger partial charge on any atom is 0.339 e. The SMILES string of the molecule is O=C(COC(=O)c1c2c(nc3ccccc13)/C(=C\c1cccs1)CCC2)NC(=O)c1ccco1. The van der Waals surface area contributed by atoms with Gasteiger partial charge in [0, 0.05) is 10.3 Å². The molecule has 1 aliphatic carbocycles. The Bertz CT molecular complexity index is 1400. The smallest absolute Gasteiger partial charge is 0.339 e. The molecule has 0 spiro atoms. The minimum absolute atomic E-state index is 0.000990. The van der Waals surface area contributed by atoms with E-state index in [-0.39, 0.29) is 5.76 Å². The van der Waals surface area contributed by atoms with Crippen LogP contribution in [0.5, 0.6) is 0 Å². The lowest BCUT2D eigenvalue weighted by Gasteiger charge is -2.22. The molecule has 4 aromatic rings. The van der Waals surface area contributed by atoms with Gasteiger partial charge in [0.15, 0.2) is 12.4 Å². The summed E-state index contributed by atoms with van der Waals surface area (Å²) in [5.74, 6) is -2.05. The van der Waals surface area contributed by atoms with Gasteiger partial charge in [-0.1, -0.05) is 24.3 Å². The molecular formula is C26H20N2O5S. The summed E-state index contributed by atoms with van der Waals surface area (Å²) in [7, 11) is 0. The number of furan rings is 1. The molecule has 0 aliphatic heterocycles. The number of allylic oxidation sites excluding steroid dienone is 1. The van der Waals surface area contributed by atoms with Crippen molar-refractivity contribution in [2.45, 2.75) is 19.3 Å². The Hall–Kier alpha value is -4.04. The quantitative estimate of drug-likeness (QED) is 0.416. The van der Waals surface area contributed by atoms with Gasteiger partial charge in [-0.3, -0.25) is 14.9 Å². The molecule has 170 valence electrons. The van der Waals surface area contributed by atoms with E-state index in [4.69, 9.17) is 14.1 Å². The van der Waals surface area contributed by atoms with Gasteiger partial charge >= 0.3 is 5.97 Å². The lowest BCUT2D eigenvalue weighted by molar-refractivity contribution is -0.123. The first-order valence-electron chi connectivity index (χ1n) is 10.8. The first kappa shape index (κ1) is 21.8. The number of thiophene rings is 1. The third-order valence-electron chi connectivity index (χ3n) is 5.57. The molecule has 0 radical (unpaired) electrons. The summed E-state index contributed by atoms with van der Waals surface area (Å²) >= 11 is 1.65. The van der Waals surface area contributed by atoms with Crippen LogP contribution in [-0.2, 0) is 16.0 Å². The predicted octanol–water partition coefficient (Wildman–Crippen LogP) is 4.88. The number of pyridine rings is 1. The summed E-state index contributed by atoms with van der Waals surface area (Å²) in [6.07, 6.45) is 5.87. The number of amides is 2. The van der Waals surface area contributed by atoms with Gasteiger partial charge < -0.3 is 9.15 Å². The number of esters is 1. The van der Waals surface area contributed by atoms with Crippen LogP contribution in [0, 0.1) is 0 Å². The molecule has 3 heterocycles. The third-order valence-corrected chi connectivity index (χ3v) is 6.39. The molecule has 7 nitrogen and oxygen atoms in total. The molecule has 1 N–H and O–H groups in total. The first-order chi connectivity index (χ1) is 16.6. The molecule has 34 heavy (non-hydrogen) atoms. The van der Waals surface area contributed by atoms with Gasteiger partial charge in [0.05, 0.1) is 23.0 Å². The van der Waals surface area contributed by atoms with Gasteiger partial charge in [-0.15, -0.1) is 11.3 Å². The van der Waals surface area contributed by atoms with E-state index in [0.717, 1.165) is 34.5 Å². The molecule has 0 saturated carbocycles. The maximum absolute atomic E-state index is 13.2. The summed E-state index contributed by atoms with van der Waals surface area (Å²) in [6.45, 7) is -0.589. The highest BCUT2D eigenvalue weighted by molar-refractivity contribution is 7.10. The molecular weight excluding hydrogens is 452 g/mol. The fraction of sp³-hybridized carbons (Fsp3) is 0.154. The Morgan fingerprint density at radius 3 is 2.76 bits per heavy atom. The largest absolute Gasteiger partial charge is 0.459 e. The monoisotopic (exact) mass is 472 g/mol. The molecule has 3 aromatic heterocycles. The topological polar surface area (TPSA) is 98.5 Å². The summed E-state index contributed by atoms with van der Waals surface area (Å²) in [6, 6.07) is 14.4. The number of carbonyl (C=O) groups excluding carboxylic acids is 3. The molecule has 2 amide bonds. The molecule has 0 unspecified atom stereocenters. The first-order valence-corrected chi connectivity index (χ1v) is 11.7. The Labute approximate surface area is 199 Å². The van der Waals surface area contributed by atoms with Crippen LogP contribution in [0.25, 0.3) is 22.6 Å². The fourth-order valence-electron chi connectivity index (χ4n) is 4.09. The van der Waals surface area contributed by atoms with Gasteiger partial charge in [0.2, 0.25) is 0 Å². The number of imide groups is 1. The summed E-state index contributed by atoms with van der Waals surface area (Å²) < 4.78 is 10.3. The molecule has 1 aliphatic rings. The van der Waals surface area contributed by atoms with E-state index in [2.05, 4.69) is 11.4 Å². The minimum atomic E-state index is -0.736. The molecule has 5 rings (SSSR count). The van der Waals surface area contributed by atoms with Crippen molar-refractivity contribution in [1.82, 2.24) is 10.3 Å². The standard InChI is InChI=1S/C26H20N2O5S/c29-22(28-25(30)21-11-4-12-32-21)15-33-26(31)23-18-8-1-2-10-20(18)27-24-16(6-3-9-19(23)24)14-17-7-5-13-34-17/h1-2,4-5,7-8,10-14H,3,6,9,15H2,(H,28,29,30)/b16-14-. The molecule has 0 bridgehead atoms. The summed E-state index contributed by atoms with van der Waals surface area (Å²) in [4.78, 5) is 43.4. The van der Waals surface area contributed by atoms with Crippen LogP contribution in [0.15, 0.2) is 64.6 Å². The van der Waals surface area contributed by atoms with Crippen LogP contribution in [0.4, 0.5) is 0 Å². The normalized spacial score (nSPS) is 14.1. The van der Waals surface area contributed by atoms with Crippen molar-refractivity contribution in [3.63, 3.8) is 0 Å². The van der Waals surface area contributed by atoms with Crippen LogP contribution in [0.2, 0.25) is 0 Å². The summed E-state index contributed by atoms with van der Waals surface area (Å²) in [5.41, 5.74) is 3.80. The highest BCUT2D eigenvalue weighted by atomic mass is 32.1. The number of hydrogen-bond acceptors (Lipinski definition) is 7. The zero-order chi connectivity index (χ0) is 23.5. The van der Waals surface area contributed by atoms with Gasteiger partial charge in [0.25, 0.3) is 11.8 Å². The van der Waals surface area contributed by atoms with E-state index in [9.17, 15) is 14.4 Å². The Morgan fingerprint density at radius 2 is 1.97 bits per heavy atom. The number of nitrogens with one attached hydrogen (secondary N) is 1. The van der Waals surface area contributed by atoms with E-state index in [1.807, 2.05) is 41.8 Å². The van der Waals surface area contributed by atoms with Crippen LogP contribution in [-0.4, -0.2) is 29.4 Å². The van der Waals surface area contributed by atoms with E-state index in [0.29, 0.717) is 22.9 Å². The highest BCUT2D eigenvalue weighted by Gasteiger charge is 2.26. The van der Waals surface area contributed by atoms with Crippen molar-refractivity contribution in [3.05, 3.63) is 87.6 Å². The number of rotatable bonds is 5. The average Bonchev–Trinajstić information content (AvgIpc) is 3.56. The number of para-hydroxylation sites is 1. The Morgan fingerprint density at radius 1 is 1.09 bits per heavy atom. The zero-order valence-corrected chi connectivity index (χ0v) is 18.9. The average molecular weight is 473 g/mol. The second-order valence-electron chi connectivity index (χ2n) is 7.80. The molecule has 0 saturated heterocycles. The minimum Gasteiger partial charge on any atom is -0.459 e. The second-order valence-corrected chi connectivity index (χ2v) is 8.78. The van der Waals surface area contributed by atoms with Gasteiger partial charge in [-0.2, -0.15) is 0 Å². The second kappa shape index (κ2) is 9.44. The van der Waals surface area contributed by atoms with Gasteiger partial charge in [0.1, 0.15) is 0 Å². The van der Waals surface area contributed by atoms with Crippen LogP contribution in [0.3, 0.4) is 0 Å². The Balaban J connectivity index is 1.44. The van der Waals surface area contributed by atoms with Crippen molar-refractivity contribution in [3.8, 4) is 0 Å². The van der Waals surface area contributed by atoms with E-state index in [1.54, 1.807) is 11.3 Å². The van der Waals surface area contributed by atoms with Crippen molar-refractivity contribution < 1.29 is 23.5 Å². The van der Waals surface area contributed by atoms with Gasteiger partial charge in [-0.25, -0.2) is 9.78 Å². The number of aromatic nitrogens is 1. The van der Waals surface area contributed by atoms with Crippen LogP contribution < -0.4 is 5.32 Å². The lowest BCUT2D eigenvalue weighted by atomic mass is 9.86. The number of benzene rings is 1. The lowest BCUT2D eigenvalue weighted by Crippen LogP contribution is -2.34. The molecule has 8 heteroatoms. The predicted molar refractivity (Wildman–Crippen MR) is 128 cm³/mol. The Kier molecular flexibility index (Phi) is 6.05. The maximum atomic E-state index is 13.2. The van der Waals surface area contributed by atoms with Crippen LogP contribution >= 0.6 is 11.3 Å². The summed E-state index contributed by atoms with van der Waals surface area (Å²) in [5, 5.41) is 4.85. The number of fused-ring (bicyclic) bond motifs is 2. The molecule has 0 atom stereocenters. The van der Waals surface area contributed by atoms with E-state index in [1.165, 1.54) is 18.4 Å². The number of nitrogens with zero attached hydrogens (tertiary/aromatic N) is 1. The van der Waals surface area contributed by atoms with Crippen molar-refractivity contribution in [1.29, 1.82) is 0 Å². The van der Waals surface area contributed by atoms with Crippen molar-refractivity contribution in [2.24, 2.45) is 0 Å². The van der Waals surface area contributed by atoms with Crippen molar-refractivity contribution in [2.75, 3.05) is 6.61 Å². The van der Waals surface area contributed by atoms with Crippen LogP contribution in [0.1, 0.15) is 49.9 Å². The van der Waals surface area contributed by atoms with E-state index >= 15 is 0 Å². The van der Waals surface area contributed by atoms with E-state index < -0.39 is 24.4 Å². The zero-order valence-electron chi connectivity index (χ0n) is 18.1. The van der Waals surface area contributed by atoms with Crippen molar-refractivity contribution >= 4 is 51.7 Å². The molecule has 0 fully saturated rings. The highest BCUT2D eigenvalue weighted by Crippen LogP contribution is 2.36. The third kappa shape index (κ3) is 4.40. The molecule has 1 aromatic carbocycles. The number of carbonyl (C=O) groups is 3.